The standard InChI is InChI=1S/C18H31N7O7/c19-4-2-1-3-12(18(31)32)23-16(29)13(5-10-6-21-9-22-10)24-17(30)14(8-27)25-15(28)11(20)7-26/h6,9,11-14,26-27H,1-5,7-8,19-20H2,(H,21,22)(H,23,29)(H,24,30)(H,25,28)(H,31,32). The zero-order chi connectivity index (χ0) is 24.1. The normalized spacial score (nSPS) is 14.6. The highest BCUT2D eigenvalue weighted by Crippen LogP contribution is 2.05. The number of aliphatic carboxylic acids is 1. The van der Waals surface area contributed by atoms with Gasteiger partial charge in [0.2, 0.25) is 17.7 Å². The Morgan fingerprint density at radius 2 is 1.59 bits per heavy atom. The Labute approximate surface area is 184 Å². The minimum Gasteiger partial charge on any atom is -0.480 e. The number of carbonyl (C=O) groups excluding carboxylic acids is 3. The van der Waals surface area contributed by atoms with Gasteiger partial charge in [-0.05, 0) is 25.8 Å². The second-order valence-corrected chi connectivity index (χ2v) is 7.06. The number of nitrogens with two attached hydrogens (primary N) is 2. The number of unbranched alkanes of at least 4 members (excludes halogenated alkanes) is 1. The largest absolute Gasteiger partial charge is 0.480 e. The van der Waals surface area contributed by atoms with E-state index in [1.54, 1.807) is 0 Å². The molecule has 0 bridgehead atoms. The van der Waals surface area contributed by atoms with E-state index in [9.17, 15) is 29.4 Å². The first-order valence-electron chi connectivity index (χ1n) is 10.0. The van der Waals surface area contributed by atoms with Crippen LogP contribution in [0.15, 0.2) is 12.5 Å². The number of H-pyrrole nitrogens is 1. The number of aliphatic hydroxyl groups excluding tert-OH is 2. The number of rotatable bonds is 15. The van der Waals surface area contributed by atoms with E-state index in [1.807, 2.05) is 0 Å². The van der Waals surface area contributed by atoms with E-state index >= 15 is 0 Å². The molecule has 0 aliphatic heterocycles. The van der Waals surface area contributed by atoms with E-state index in [0.717, 1.165) is 0 Å². The Morgan fingerprint density at radius 3 is 2.12 bits per heavy atom. The molecule has 0 spiro atoms. The third kappa shape index (κ3) is 8.97. The van der Waals surface area contributed by atoms with Gasteiger partial charge in [-0.15, -0.1) is 0 Å². The number of aromatic nitrogens is 2. The van der Waals surface area contributed by atoms with Crippen molar-refractivity contribution < 1.29 is 34.5 Å². The van der Waals surface area contributed by atoms with Gasteiger partial charge in [0, 0.05) is 18.3 Å². The molecule has 1 aromatic rings. The number of hydrogen-bond donors (Lipinski definition) is 9. The number of imidazole rings is 1. The Bertz CT molecular complexity index is 744. The molecular weight excluding hydrogens is 426 g/mol. The number of aliphatic hydroxyl groups is 2. The highest BCUT2D eigenvalue weighted by molar-refractivity contribution is 5.94. The van der Waals surface area contributed by atoms with Crippen molar-refractivity contribution in [3.63, 3.8) is 0 Å². The van der Waals surface area contributed by atoms with E-state index in [2.05, 4.69) is 25.9 Å². The lowest BCUT2D eigenvalue weighted by Crippen LogP contribution is -2.58. The summed E-state index contributed by atoms with van der Waals surface area (Å²) in [6.07, 6.45) is 3.95. The molecule has 0 aliphatic rings. The summed E-state index contributed by atoms with van der Waals surface area (Å²) in [4.78, 5) is 55.3. The molecule has 180 valence electrons. The van der Waals surface area contributed by atoms with Crippen LogP contribution in [0.25, 0.3) is 0 Å². The highest BCUT2D eigenvalue weighted by atomic mass is 16.4. The zero-order valence-electron chi connectivity index (χ0n) is 17.5. The van der Waals surface area contributed by atoms with Gasteiger partial charge in [0.15, 0.2) is 0 Å². The lowest BCUT2D eigenvalue weighted by atomic mass is 10.1. The molecule has 32 heavy (non-hydrogen) atoms. The van der Waals surface area contributed by atoms with E-state index < -0.39 is 61.1 Å². The SMILES string of the molecule is NCCCCC(NC(=O)C(Cc1cnc[nH]1)NC(=O)C(CO)NC(=O)C(N)CO)C(=O)O. The fraction of sp³-hybridized carbons (Fsp3) is 0.611. The summed E-state index contributed by atoms with van der Waals surface area (Å²) in [6.45, 7) is -1.09. The molecule has 3 amide bonds. The van der Waals surface area contributed by atoms with Crippen molar-refractivity contribution in [3.8, 4) is 0 Å². The van der Waals surface area contributed by atoms with Gasteiger partial charge in [-0.25, -0.2) is 9.78 Å². The minimum absolute atomic E-state index is 0.0606. The van der Waals surface area contributed by atoms with Crippen LogP contribution in [0.2, 0.25) is 0 Å². The van der Waals surface area contributed by atoms with Crippen molar-refractivity contribution in [2.24, 2.45) is 11.5 Å². The lowest BCUT2D eigenvalue weighted by Gasteiger charge is -2.24. The molecule has 0 radical (unpaired) electrons. The molecule has 0 aromatic carbocycles. The van der Waals surface area contributed by atoms with Crippen LogP contribution in [-0.2, 0) is 25.6 Å². The first-order chi connectivity index (χ1) is 15.2. The summed E-state index contributed by atoms with van der Waals surface area (Å²) >= 11 is 0. The Hall–Kier alpha value is -3.07. The van der Waals surface area contributed by atoms with Crippen LogP contribution in [-0.4, -0.2) is 92.9 Å². The first-order valence-corrected chi connectivity index (χ1v) is 10.0. The van der Waals surface area contributed by atoms with Gasteiger partial charge in [0.1, 0.15) is 24.2 Å². The molecule has 14 nitrogen and oxygen atoms in total. The van der Waals surface area contributed by atoms with Gasteiger partial charge in [-0.2, -0.15) is 0 Å². The topological polar surface area (TPSA) is 246 Å². The third-order valence-corrected chi connectivity index (χ3v) is 4.52. The van der Waals surface area contributed by atoms with E-state index in [0.29, 0.717) is 25.1 Å². The van der Waals surface area contributed by atoms with Crippen LogP contribution in [0, 0.1) is 0 Å². The predicted molar refractivity (Wildman–Crippen MR) is 111 cm³/mol. The molecule has 1 heterocycles. The van der Waals surface area contributed by atoms with Crippen LogP contribution >= 0.6 is 0 Å². The van der Waals surface area contributed by atoms with Gasteiger partial charge < -0.3 is 47.7 Å². The number of hydrogen-bond acceptors (Lipinski definition) is 9. The number of amides is 3. The quantitative estimate of drug-likeness (QED) is 0.115. The van der Waals surface area contributed by atoms with Gasteiger partial charge >= 0.3 is 5.97 Å². The number of aromatic amines is 1. The predicted octanol–water partition coefficient (Wildman–Crippen LogP) is -4.07. The van der Waals surface area contributed by atoms with Crippen molar-refractivity contribution in [1.82, 2.24) is 25.9 Å². The molecule has 0 fully saturated rings. The average molecular weight is 457 g/mol. The Morgan fingerprint density at radius 1 is 0.969 bits per heavy atom. The second-order valence-electron chi connectivity index (χ2n) is 7.06. The molecule has 14 heteroatoms. The lowest BCUT2D eigenvalue weighted by molar-refractivity contribution is -0.142. The van der Waals surface area contributed by atoms with Crippen LogP contribution in [0.5, 0.6) is 0 Å². The summed E-state index contributed by atoms with van der Waals surface area (Å²) in [5.41, 5.74) is 11.3. The number of carbonyl (C=O) groups is 4. The summed E-state index contributed by atoms with van der Waals surface area (Å²) in [6, 6.07) is -5.18. The van der Waals surface area contributed by atoms with Crippen molar-refractivity contribution >= 4 is 23.7 Å². The Balaban J connectivity index is 2.92. The van der Waals surface area contributed by atoms with Crippen molar-refractivity contribution in [2.45, 2.75) is 49.9 Å². The smallest absolute Gasteiger partial charge is 0.326 e. The molecule has 11 N–H and O–H groups in total. The average Bonchev–Trinajstić information content (AvgIpc) is 3.28. The fourth-order valence-corrected chi connectivity index (χ4v) is 2.68. The summed E-state index contributed by atoms with van der Waals surface area (Å²) in [5, 5.41) is 34.7. The molecule has 0 saturated heterocycles. The maximum absolute atomic E-state index is 12.8. The van der Waals surface area contributed by atoms with Gasteiger partial charge in [0.05, 0.1) is 19.5 Å². The number of nitrogens with one attached hydrogen (secondary N) is 4. The molecule has 4 unspecified atom stereocenters. The third-order valence-electron chi connectivity index (χ3n) is 4.52. The Kier molecular flexibility index (Phi) is 11.9. The highest BCUT2D eigenvalue weighted by Gasteiger charge is 2.30. The van der Waals surface area contributed by atoms with Gasteiger partial charge in [-0.3, -0.25) is 14.4 Å². The molecule has 4 atom stereocenters. The molecule has 1 aromatic heterocycles. The van der Waals surface area contributed by atoms with Crippen molar-refractivity contribution in [3.05, 3.63) is 18.2 Å². The molecule has 0 aliphatic carbocycles. The minimum atomic E-state index is -1.45. The molecule has 0 saturated carbocycles. The van der Waals surface area contributed by atoms with E-state index in [-0.39, 0.29) is 12.8 Å². The van der Waals surface area contributed by atoms with E-state index in [4.69, 9.17) is 16.6 Å². The maximum atomic E-state index is 12.8. The summed E-state index contributed by atoms with van der Waals surface area (Å²) < 4.78 is 0. The van der Waals surface area contributed by atoms with Gasteiger partial charge in [0.25, 0.3) is 0 Å². The molecular formula is C18H31N7O7. The zero-order valence-corrected chi connectivity index (χ0v) is 17.5. The van der Waals surface area contributed by atoms with E-state index in [1.165, 1.54) is 12.5 Å². The van der Waals surface area contributed by atoms with Crippen LogP contribution in [0.1, 0.15) is 25.0 Å². The van der Waals surface area contributed by atoms with Crippen molar-refractivity contribution in [2.75, 3.05) is 19.8 Å². The maximum Gasteiger partial charge on any atom is 0.326 e. The summed E-state index contributed by atoms with van der Waals surface area (Å²) in [7, 11) is 0. The number of nitrogens with zero attached hydrogens (tertiary/aromatic N) is 1. The van der Waals surface area contributed by atoms with Gasteiger partial charge in [-0.1, -0.05) is 0 Å². The summed E-state index contributed by atoms with van der Waals surface area (Å²) in [5.74, 6) is -3.79. The number of carboxylic acid groups (broad SMARTS) is 1. The van der Waals surface area contributed by atoms with Crippen LogP contribution in [0.3, 0.4) is 0 Å². The first kappa shape index (κ1) is 27.0. The molecule has 1 rings (SSSR count). The fourth-order valence-electron chi connectivity index (χ4n) is 2.68. The van der Waals surface area contributed by atoms with Crippen LogP contribution in [0.4, 0.5) is 0 Å². The van der Waals surface area contributed by atoms with Crippen LogP contribution < -0.4 is 27.4 Å². The van der Waals surface area contributed by atoms with Crippen molar-refractivity contribution in [1.29, 1.82) is 0 Å². The second kappa shape index (κ2) is 14.1. The number of carboxylic acids is 1. The monoisotopic (exact) mass is 457 g/mol.